The number of ether oxygens (including phenoxy) is 1. The Hall–Kier alpha value is -3.07. The molecular formula is C23H24N2O5S. The fourth-order valence-electron chi connectivity index (χ4n) is 3.16. The van der Waals surface area contributed by atoms with Crippen LogP contribution in [0.5, 0.6) is 5.88 Å². The molecule has 1 amide bonds. The summed E-state index contributed by atoms with van der Waals surface area (Å²) in [5.74, 6) is -0.0702. The number of rotatable bonds is 8. The molecule has 0 spiro atoms. The van der Waals surface area contributed by atoms with Gasteiger partial charge in [-0.2, -0.15) is 0 Å². The molecule has 0 aliphatic rings. The molecule has 0 saturated heterocycles. The number of nitrogens with zero attached hydrogens (tertiary/aromatic N) is 1. The van der Waals surface area contributed by atoms with Crippen molar-refractivity contribution in [2.24, 2.45) is 0 Å². The lowest BCUT2D eigenvalue weighted by Crippen LogP contribution is -2.31. The van der Waals surface area contributed by atoms with Crippen molar-refractivity contribution >= 4 is 17.0 Å². The summed E-state index contributed by atoms with van der Waals surface area (Å²) in [5, 5.41) is 12.6. The van der Waals surface area contributed by atoms with E-state index in [4.69, 9.17) is 4.74 Å². The topological polar surface area (TPSA) is 109 Å². The highest BCUT2D eigenvalue weighted by Crippen LogP contribution is 2.24. The number of aliphatic hydroxyl groups excluding tert-OH is 1. The van der Waals surface area contributed by atoms with E-state index in [1.807, 2.05) is 31.2 Å². The highest BCUT2D eigenvalue weighted by atomic mass is 32.2. The zero-order valence-electron chi connectivity index (χ0n) is 17.2. The van der Waals surface area contributed by atoms with Crippen LogP contribution in [0.15, 0.2) is 60.8 Å². The lowest BCUT2D eigenvalue weighted by atomic mass is 9.99. The third-order valence-corrected chi connectivity index (χ3v) is 5.37. The van der Waals surface area contributed by atoms with Gasteiger partial charge in [-0.05, 0) is 47.4 Å². The molecule has 3 rings (SSSR count). The van der Waals surface area contributed by atoms with Crippen molar-refractivity contribution in [1.29, 1.82) is 0 Å². The number of carbonyl (C=O) groups is 1. The van der Waals surface area contributed by atoms with Gasteiger partial charge in [0.15, 0.2) is 11.1 Å². The van der Waals surface area contributed by atoms with Crippen LogP contribution in [0.1, 0.15) is 33.1 Å². The Balaban J connectivity index is 1.91. The van der Waals surface area contributed by atoms with E-state index in [0.29, 0.717) is 22.6 Å². The van der Waals surface area contributed by atoms with Crippen LogP contribution in [0, 0.1) is 6.92 Å². The first-order chi connectivity index (χ1) is 14.9. The molecule has 0 aliphatic carbocycles. The maximum atomic E-state index is 13.0. The summed E-state index contributed by atoms with van der Waals surface area (Å²) >= 11 is -2.04. The van der Waals surface area contributed by atoms with E-state index >= 15 is 0 Å². The Morgan fingerprint density at radius 2 is 1.87 bits per heavy atom. The molecule has 0 bridgehead atoms. The standard InChI is InChI=1S/C23H24N2O5S/c1-15-3-5-17(6-4-15)19-9-16(14-31(28)29)10-20(11-19)23(27)25-21(13-26)18-7-8-22(30-2)24-12-18/h3-12,21,26H,13-14H2,1-2H3,(H,25,27)(H,28,29)/t21-/m1/s1. The number of methoxy groups -OCH3 is 1. The second-order valence-electron chi connectivity index (χ2n) is 7.09. The SMILES string of the molecule is COc1ccc([C@@H](CO)NC(=O)c2cc(CS(=O)O)cc(-c3ccc(C)cc3)c2)cn1. The van der Waals surface area contributed by atoms with Crippen molar-refractivity contribution in [2.75, 3.05) is 13.7 Å². The molecule has 7 nitrogen and oxygen atoms in total. The van der Waals surface area contributed by atoms with Crippen LogP contribution in [0.3, 0.4) is 0 Å². The number of hydrogen-bond donors (Lipinski definition) is 3. The number of hydrogen-bond acceptors (Lipinski definition) is 5. The minimum atomic E-state index is -2.04. The molecule has 31 heavy (non-hydrogen) atoms. The first kappa shape index (κ1) is 22.6. The van der Waals surface area contributed by atoms with Crippen LogP contribution in [0.25, 0.3) is 11.1 Å². The second kappa shape index (κ2) is 10.3. The van der Waals surface area contributed by atoms with Gasteiger partial charge in [0.05, 0.1) is 25.5 Å². The van der Waals surface area contributed by atoms with Crippen molar-refractivity contribution in [3.8, 4) is 17.0 Å². The lowest BCUT2D eigenvalue weighted by molar-refractivity contribution is 0.0916. The first-order valence-electron chi connectivity index (χ1n) is 9.59. The predicted octanol–water partition coefficient (Wildman–Crippen LogP) is 3.25. The Morgan fingerprint density at radius 1 is 1.13 bits per heavy atom. The molecule has 0 fully saturated rings. The van der Waals surface area contributed by atoms with Crippen LogP contribution < -0.4 is 10.1 Å². The number of aryl methyl sites for hydroxylation is 1. The molecule has 162 valence electrons. The minimum Gasteiger partial charge on any atom is -0.481 e. The molecule has 2 aromatic carbocycles. The first-order valence-corrected chi connectivity index (χ1v) is 10.9. The van der Waals surface area contributed by atoms with Gasteiger partial charge in [-0.15, -0.1) is 0 Å². The highest BCUT2D eigenvalue weighted by molar-refractivity contribution is 7.78. The fourth-order valence-corrected chi connectivity index (χ4v) is 3.61. The molecule has 3 N–H and O–H groups in total. The molecule has 3 aromatic rings. The van der Waals surface area contributed by atoms with Gasteiger partial charge in [-0.3, -0.25) is 4.79 Å². The second-order valence-corrected chi connectivity index (χ2v) is 8.02. The number of pyridine rings is 1. The summed E-state index contributed by atoms with van der Waals surface area (Å²) in [4.78, 5) is 17.1. The maximum absolute atomic E-state index is 13.0. The molecule has 2 atom stereocenters. The average molecular weight is 441 g/mol. The predicted molar refractivity (Wildman–Crippen MR) is 119 cm³/mol. The molecule has 1 heterocycles. The van der Waals surface area contributed by atoms with Crippen molar-refractivity contribution in [2.45, 2.75) is 18.7 Å². The van der Waals surface area contributed by atoms with E-state index in [1.165, 1.54) is 13.3 Å². The molecule has 1 aromatic heterocycles. The van der Waals surface area contributed by atoms with Crippen molar-refractivity contribution < 1.29 is 23.4 Å². The number of amides is 1. The van der Waals surface area contributed by atoms with Gasteiger partial charge in [0.2, 0.25) is 5.88 Å². The Kier molecular flexibility index (Phi) is 7.51. The van der Waals surface area contributed by atoms with Crippen LogP contribution in [-0.4, -0.2) is 38.5 Å². The summed E-state index contributed by atoms with van der Waals surface area (Å²) < 4.78 is 25.7. The Bertz CT molecular complexity index is 1070. The van der Waals surface area contributed by atoms with Crippen LogP contribution in [0.4, 0.5) is 0 Å². The third-order valence-electron chi connectivity index (χ3n) is 4.79. The maximum Gasteiger partial charge on any atom is 0.251 e. The Morgan fingerprint density at radius 3 is 2.45 bits per heavy atom. The molecular weight excluding hydrogens is 416 g/mol. The zero-order chi connectivity index (χ0) is 22.4. The van der Waals surface area contributed by atoms with Crippen LogP contribution in [0.2, 0.25) is 0 Å². The van der Waals surface area contributed by atoms with Gasteiger partial charge in [0.1, 0.15) is 0 Å². The molecule has 8 heteroatoms. The van der Waals surface area contributed by atoms with E-state index in [1.54, 1.807) is 30.3 Å². The number of benzene rings is 2. The van der Waals surface area contributed by atoms with Crippen molar-refractivity contribution in [3.05, 3.63) is 83.0 Å². The van der Waals surface area contributed by atoms with Gasteiger partial charge in [0.25, 0.3) is 5.91 Å². The summed E-state index contributed by atoms with van der Waals surface area (Å²) in [6, 6.07) is 15.6. The van der Waals surface area contributed by atoms with Crippen LogP contribution in [-0.2, 0) is 16.8 Å². The van der Waals surface area contributed by atoms with Gasteiger partial charge in [-0.1, -0.05) is 35.9 Å². The molecule has 0 aliphatic heterocycles. The smallest absolute Gasteiger partial charge is 0.251 e. The van der Waals surface area contributed by atoms with Gasteiger partial charge in [-0.25, -0.2) is 9.19 Å². The molecule has 0 saturated carbocycles. The summed E-state index contributed by atoms with van der Waals surface area (Å²) in [6.07, 6.45) is 1.53. The van der Waals surface area contributed by atoms with Gasteiger partial charge < -0.3 is 19.7 Å². The molecule has 0 radical (unpaired) electrons. The molecule has 1 unspecified atom stereocenters. The van der Waals surface area contributed by atoms with Crippen molar-refractivity contribution in [3.63, 3.8) is 0 Å². The number of aromatic nitrogens is 1. The monoisotopic (exact) mass is 440 g/mol. The van der Waals surface area contributed by atoms with E-state index in [9.17, 15) is 18.7 Å². The fraction of sp³-hybridized carbons (Fsp3) is 0.217. The van der Waals surface area contributed by atoms with E-state index in [2.05, 4.69) is 10.3 Å². The summed E-state index contributed by atoms with van der Waals surface area (Å²) in [6.45, 7) is 1.67. The lowest BCUT2D eigenvalue weighted by Gasteiger charge is -2.17. The normalized spacial score (nSPS) is 12.8. The zero-order valence-corrected chi connectivity index (χ0v) is 18.1. The average Bonchev–Trinajstić information content (AvgIpc) is 2.77. The highest BCUT2D eigenvalue weighted by Gasteiger charge is 2.17. The third kappa shape index (κ3) is 5.97. The van der Waals surface area contributed by atoms with E-state index < -0.39 is 23.0 Å². The Labute approximate surface area is 183 Å². The minimum absolute atomic E-state index is 0.0915. The van der Waals surface area contributed by atoms with E-state index in [0.717, 1.165) is 16.7 Å². The van der Waals surface area contributed by atoms with Crippen molar-refractivity contribution in [1.82, 2.24) is 10.3 Å². The number of nitrogens with one attached hydrogen (secondary N) is 1. The van der Waals surface area contributed by atoms with E-state index in [-0.39, 0.29) is 12.4 Å². The number of carbonyl (C=O) groups excluding carboxylic acids is 1. The van der Waals surface area contributed by atoms with Gasteiger partial charge >= 0.3 is 0 Å². The summed E-state index contributed by atoms with van der Waals surface area (Å²) in [5.41, 5.74) is 4.29. The summed E-state index contributed by atoms with van der Waals surface area (Å²) in [7, 11) is 1.51. The van der Waals surface area contributed by atoms with Crippen LogP contribution >= 0.6 is 0 Å². The largest absolute Gasteiger partial charge is 0.481 e. The van der Waals surface area contributed by atoms with Gasteiger partial charge in [0, 0.05) is 17.8 Å². The quantitative estimate of drug-likeness (QED) is 0.464. The number of aliphatic hydroxyl groups is 1.